The number of nitrogens with zero attached hydrogens (tertiary/aromatic N) is 1. The van der Waals surface area contributed by atoms with Crippen molar-refractivity contribution in [2.24, 2.45) is 0 Å². The second-order valence-electron chi connectivity index (χ2n) is 4.28. The molecule has 7 nitrogen and oxygen atoms in total. The predicted molar refractivity (Wildman–Crippen MR) is 69.2 cm³/mol. The van der Waals surface area contributed by atoms with Gasteiger partial charge in [0.25, 0.3) is 5.91 Å². The molecule has 1 amide bonds. The minimum Gasteiger partial charge on any atom is -0.507 e. The van der Waals surface area contributed by atoms with Gasteiger partial charge in [-0.1, -0.05) is 6.07 Å². The molecule has 0 aliphatic heterocycles. The van der Waals surface area contributed by atoms with Gasteiger partial charge < -0.3 is 20.5 Å². The number of aromatic amines is 1. The SMILES string of the molecule is O=C(NC(Cc1cnc[nH]1)C(=O)O)c1c(O)cccc1F. The van der Waals surface area contributed by atoms with E-state index in [0.29, 0.717) is 5.69 Å². The Bertz CT molecular complexity index is 637. The molecule has 2 rings (SSSR count). The zero-order valence-corrected chi connectivity index (χ0v) is 10.7. The lowest BCUT2D eigenvalue weighted by Gasteiger charge is -2.14. The van der Waals surface area contributed by atoms with Crippen LogP contribution in [-0.2, 0) is 11.2 Å². The van der Waals surface area contributed by atoms with E-state index < -0.39 is 35.0 Å². The van der Waals surface area contributed by atoms with E-state index >= 15 is 0 Å². The van der Waals surface area contributed by atoms with Crippen molar-refractivity contribution in [3.8, 4) is 5.75 Å². The Labute approximate surface area is 118 Å². The third kappa shape index (κ3) is 3.35. The van der Waals surface area contributed by atoms with Crippen LogP contribution in [0.25, 0.3) is 0 Å². The number of carbonyl (C=O) groups excluding carboxylic acids is 1. The molecule has 0 spiro atoms. The predicted octanol–water partition coefficient (Wildman–Crippen LogP) is 0.680. The summed E-state index contributed by atoms with van der Waals surface area (Å²) >= 11 is 0. The number of carbonyl (C=O) groups is 2. The van der Waals surface area contributed by atoms with E-state index in [2.05, 4.69) is 15.3 Å². The average Bonchev–Trinajstić information content (AvgIpc) is 2.90. The highest BCUT2D eigenvalue weighted by molar-refractivity contribution is 5.99. The molecule has 0 saturated carbocycles. The minimum atomic E-state index is -1.28. The number of aliphatic carboxylic acids is 1. The van der Waals surface area contributed by atoms with Gasteiger partial charge in [-0.2, -0.15) is 0 Å². The van der Waals surface area contributed by atoms with Crippen molar-refractivity contribution in [3.05, 3.63) is 47.8 Å². The van der Waals surface area contributed by atoms with E-state index in [1.54, 1.807) is 0 Å². The molecule has 1 atom stereocenters. The van der Waals surface area contributed by atoms with Gasteiger partial charge in [0, 0.05) is 18.3 Å². The summed E-state index contributed by atoms with van der Waals surface area (Å²) < 4.78 is 13.5. The van der Waals surface area contributed by atoms with Crippen molar-refractivity contribution in [2.45, 2.75) is 12.5 Å². The quantitative estimate of drug-likeness (QED) is 0.647. The lowest BCUT2D eigenvalue weighted by molar-refractivity contribution is -0.139. The number of phenolic OH excluding ortho intramolecular Hbond substituents is 1. The van der Waals surface area contributed by atoms with Crippen molar-refractivity contribution in [2.75, 3.05) is 0 Å². The molecule has 110 valence electrons. The molecule has 2 aromatic rings. The van der Waals surface area contributed by atoms with Gasteiger partial charge in [0.1, 0.15) is 23.2 Å². The van der Waals surface area contributed by atoms with Crippen LogP contribution < -0.4 is 5.32 Å². The van der Waals surface area contributed by atoms with Crippen LogP contribution in [0.2, 0.25) is 0 Å². The van der Waals surface area contributed by atoms with Gasteiger partial charge in [-0.05, 0) is 12.1 Å². The normalized spacial score (nSPS) is 11.9. The Morgan fingerprint density at radius 3 is 2.76 bits per heavy atom. The summed E-state index contributed by atoms with van der Waals surface area (Å²) in [5.41, 5.74) is -0.0891. The van der Waals surface area contributed by atoms with Gasteiger partial charge in [-0.15, -0.1) is 0 Å². The number of aromatic hydroxyl groups is 1. The standard InChI is InChI=1S/C13H12FN3O4/c14-8-2-1-3-10(18)11(8)12(19)17-9(13(20)21)4-7-5-15-6-16-7/h1-3,5-6,9,18H,4H2,(H,15,16)(H,17,19)(H,20,21). The van der Waals surface area contributed by atoms with Crippen molar-refractivity contribution in [1.82, 2.24) is 15.3 Å². The first-order valence-corrected chi connectivity index (χ1v) is 5.97. The van der Waals surface area contributed by atoms with Gasteiger partial charge in [-0.3, -0.25) is 4.79 Å². The summed E-state index contributed by atoms with van der Waals surface area (Å²) in [5.74, 6) is -3.78. The number of amides is 1. The van der Waals surface area contributed by atoms with Crippen molar-refractivity contribution >= 4 is 11.9 Å². The number of carboxylic acids is 1. The maximum atomic E-state index is 13.5. The van der Waals surface area contributed by atoms with E-state index in [1.807, 2.05) is 0 Å². The number of H-pyrrole nitrogens is 1. The summed E-state index contributed by atoms with van der Waals surface area (Å²) in [7, 11) is 0. The summed E-state index contributed by atoms with van der Waals surface area (Å²) in [6.45, 7) is 0. The molecule has 0 aliphatic rings. The number of halogens is 1. The fourth-order valence-electron chi connectivity index (χ4n) is 1.78. The Hall–Kier alpha value is -2.90. The number of imidazole rings is 1. The Morgan fingerprint density at radius 2 is 2.19 bits per heavy atom. The Morgan fingerprint density at radius 1 is 1.43 bits per heavy atom. The van der Waals surface area contributed by atoms with Crippen LogP contribution in [0.15, 0.2) is 30.7 Å². The van der Waals surface area contributed by atoms with Gasteiger partial charge in [0.15, 0.2) is 0 Å². The van der Waals surface area contributed by atoms with E-state index in [4.69, 9.17) is 5.11 Å². The summed E-state index contributed by atoms with van der Waals surface area (Å²) in [6, 6.07) is 2.10. The van der Waals surface area contributed by atoms with Gasteiger partial charge in [0.2, 0.25) is 0 Å². The molecule has 0 radical (unpaired) electrons. The van der Waals surface area contributed by atoms with Crippen molar-refractivity contribution in [3.63, 3.8) is 0 Å². The fraction of sp³-hybridized carbons (Fsp3) is 0.154. The summed E-state index contributed by atoms with van der Waals surface area (Å²) in [4.78, 5) is 29.5. The van der Waals surface area contributed by atoms with E-state index in [1.165, 1.54) is 18.6 Å². The number of hydrogen-bond donors (Lipinski definition) is 4. The van der Waals surface area contributed by atoms with Crippen LogP contribution in [0.1, 0.15) is 16.1 Å². The number of rotatable bonds is 5. The van der Waals surface area contributed by atoms with E-state index in [0.717, 1.165) is 12.1 Å². The molecular formula is C13H12FN3O4. The number of carboxylic acid groups (broad SMARTS) is 1. The minimum absolute atomic E-state index is 0.0453. The molecule has 4 N–H and O–H groups in total. The molecule has 1 unspecified atom stereocenters. The largest absolute Gasteiger partial charge is 0.507 e. The van der Waals surface area contributed by atoms with Gasteiger partial charge in [0.05, 0.1) is 6.33 Å². The van der Waals surface area contributed by atoms with Crippen molar-refractivity contribution in [1.29, 1.82) is 0 Å². The molecule has 0 saturated heterocycles. The van der Waals surface area contributed by atoms with E-state index in [9.17, 15) is 19.1 Å². The molecule has 1 aromatic carbocycles. The molecule has 8 heteroatoms. The highest BCUT2D eigenvalue weighted by Crippen LogP contribution is 2.19. The smallest absolute Gasteiger partial charge is 0.326 e. The summed E-state index contributed by atoms with van der Waals surface area (Å²) in [5, 5.41) is 20.8. The lowest BCUT2D eigenvalue weighted by Crippen LogP contribution is -2.42. The van der Waals surface area contributed by atoms with Gasteiger partial charge in [-0.25, -0.2) is 14.2 Å². The average molecular weight is 293 g/mol. The van der Waals surface area contributed by atoms with Crippen LogP contribution in [0.3, 0.4) is 0 Å². The highest BCUT2D eigenvalue weighted by atomic mass is 19.1. The molecule has 0 aliphatic carbocycles. The van der Waals surface area contributed by atoms with Crippen LogP contribution in [0, 0.1) is 5.82 Å². The molecule has 0 fully saturated rings. The second-order valence-corrected chi connectivity index (χ2v) is 4.28. The van der Waals surface area contributed by atoms with E-state index in [-0.39, 0.29) is 6.42 Å². The van der Waals surface area contributed by atoms with Crippen LogP contribution >= 0.6 is 0 Å². The number of nitrogens with one attached hydrogen (secondary N) is 2. The molecule has 1 heterocycles. The zero-order valence-electron chi connectivity index (χ0n) is 10.7. The zero-order chi connectivity index (χ0) is 15.4. The monoisotopic (exact) mass is 293 g/mol. The first-order valence-electron chi connectivity index (χ1n) is 5.97. The maximum Gasteiger partial charge on any atom is 0.326 e. The van der Waals surface area contributed by atoms with Crippen molar-refractivity contribution < 1.29 is 24.2 Å². The third-order valence-electron chi connectivity index (χ3n) is 2.80. The molecule has 21 heavy (non-hydrogen) atoms. The molecule has 0 bridgehead atoms. The first-order chi connectivity index (χ1) is 9.99. The topological polar surface area (TPSA) is 115 Å². The first kappa shape index (κ1) is 14.5. The fourth-order valence-corrected chi connectivity index (χ4v) is 1.78. The second kappa shape index (κ2) is 6.04. The van der Waals surface area contributed by atoms with Crippen LogP contribution in [-0.4, -0.2) is 38.1 Å². The Balaban J connectivity index is 2.17. The van der Waals surface area contributed by atoms with Crippen LogP contribution in [0.4, 0.5) is 4.39 Å². The Kier molecular flexibility index (Phi) is 4.17. The van der Waals surface area contributed by atoms with Gasteiger partial charge >= 0.3 is 5.97 Å². The number of aromatic nitrogens is 2. The maximum absolute atomic E-state index is 13.5. The number of hydrogen-bond acceptors (Lipinski definition) is 4. The molecule has 1 aromatic heterocycles. The summed E-state index contributed by atoms with van der Waals surface area (Å²) in [6.07, 6.45) is 2.75. The highest BCUT2D eigenvalue weighted by Gasteiger charge is 2.24. The lowest BCUT2D eigenvalue weighted by atomic mass is 10.1. The molecular weight excluding hydrogens is 281 g/mol. The number of benzene rings is 1. The van der Waals surface area contributed by atoms with Crippen LogP contribution in [0.5, 0.6) is 5.75 Å². The third-order valence-corrected chi connectivity index (χ3v) is 2.80. The number of phenols is 1.